The Labute approximate surface area is 130 Å². The number of hydrogen-bond donors (Lipinski definition) is 0. The average molecular weight is 312 g/mol. The molecule has 0 spiro atoms. The summed E-state index contributed by atoms with van der Waals surface area (Å²) in [7, 11) is 0. The van der Waals surface area contributed by atoms with Crippen molar-refractivity contribution in [3.63, 3.8) is 0 Å². The van der Waals surface area contributed by atoms with E-state index >= 15 is 0 Å². The van der Waals surface area contributed by atoms with Crippen LogP contribution in [0.25, 0.3) is 28.2 Å². The van der Waals surface area contributed by atoms with Crippen LogP contribution in [0.2, 0.25) is 5.02 Å². The standard InChI is InChI=1S/C16H10ClN3S/c17-13-3-1-11(2-4-13)15-7-19-16-8-18-14(9-20(15)16)12-5-6-21-10-12/h1-10H. The van der Waals surface area contributed by atoms with Gasteiger partial charge in [-0.2, -0.15) is 11.3 Å². The van der Waals surface area contributed by atoms with Crippen LogP contribution in [0.5, 0.6) is 0 Å². The molecule has 0 unspecified atom stereocenters. The van der Waals surface area contributed by atoms with E-state index in [4.69, 9.17) is 11.6 Å². The number of hydrogen-bond acceptors (Lipinski definition) is 3. The van der Waals surface area contributed by atoms with Gasteiger partial charge in [0.2, 0.25) is 0 Å². The minimum atomic E-state index is 0.730. The van der Waals surface area contributed by atoms with Crippen molar-refractivity contribution in [2.45, 2.75) is 0 Å². The fraction of sp³-hybridized carbons (Fsp3) is 0. The van der Waals surface area contributed by atoms with Crippen molar-refractivity contribution >= 4 is 28.6 Å². The highest BCUT2D eigenvalue weighted by atomic mass is 35.5. The molecule has 0 saturated carbocycles. The maximum atomic E-state index is 5.95. The van der Waals surface area contributed by atoms with Gasteiger partial charge in [0.1, 0.15) is 0 Å². The lowest BCUT2D eigenvalue weighted by Crippen LogP contribution is -1.92. The lowest BCUT2D eigenvalue weighted by atomic mass is 10.2. The number of thiophene rings is 1. The quantitative estimate of drug-likeness (QED) is 0.533. The van der Waals surface area contributed by atoms with Crippen LogP contribution in [0.1, 0.15) is 0 Å². The number of rotatable bonds is 2. The SMILES string of the molecule is Clc1ccc(-c2cnc3cnc(-c4ccsc4)cn23)cc1. The van der Waals surface area contributed by atoms with Gasteiger partial charge < -0.3 is 0 Å². The summed E-state index contributed by atoms with van der Waals surface area (Å²) >= 11 is 7.62. The van der Waals surface area contributed by atoms with E-state index < -0.39 is 0 Å². The first-order valence-corrected chi connectivity index (χ1v) is 7.75. The second-order valence-electron chi connectivity index (χ2n) is 4.66. The molecule has 0 aliphatic carbocycles. The van der Waals surface area contributed by atoms with Crippen LogP contribution in [-0.2, 0) is 0 Å². The summed E-state index contributed by atoms with van der Waals surface area (Å²) in [6, 6.07) is 9.83. The first-order valence-electron chi connectivity index (χ1n) is 6.43. The van der Waals surface area contributed by atoms with Gasteiger partial charge in [0, 0.05) is 27.7 Å². The molecule has 0 saturated heterocycles. The zero-order valence-electron chi connectivity index (χ0n) is 10.9. The predicted octanol–water partition coefficient (Wildman–Crippen LogP) is 4.78. The molecule has 0 radical (unpaired) electrons. The molecule has 0 bridgehead atoms. The van der Waals surface area contributed by atoms with E-state index in [9.17, 15) is 0 Å². The molecule has 1 aromatic carbocycles. The molecule has 4 rings (SSSR count). The molecule has 21 heavy (non-hydrogen) atoms. The van der Waals surface area contributed by atoms with Crippen LogP contribution < -0.4 is 0 Å². The van der Waals surface area contributed by atoms with Gasteiger partial charge in [-0.15, -0.1) is 0 Å². The molecule has 102 valence electrons. The Morgan fingerprint density at radius 2 is 1.81 bits per heavy atom. The Balaban J connectivity index is 1.90. The van der Waals surface area contributed by atoms with E-state index in [0.717, 1.165) is 33.2 Å². The van der Waals surface area contributed by atoms with Crippen LogP contribution in [0, 0.1) is 0 Å². The zero-order valence-corrected chi connectivity index (χ0v) is 12.5. The summed E-state index contributed by atoms with van der Waals surface area (Å²) in [6.07, 6.45) is 5.68. The van der Waals surface area contributed by atoms with Gasteiger partial charge in [-0.3, -0.25) is 9.38 Å². The maximum Gasteiger partial charge on any atom is 0.155 e. The molecule has 3 aromatic heterocycles. The molecule has 0 aliphatic rings. The molecule has 0 aliphatic heterocycles. The van der Waals surface area contributed by atoms with Gasteiger partial charge in [-0.1, -0.05) is 23.7 Å². The first-order chi connectivity index (χ1) is 10.3. The third-order valence-corrected chi connectivity index (χ3v) is 4.29. The fourth-order valence-corrected chi connectivity index (χ4v) is 3.06. The van der Waals surface area contributed by atoms with Crippen molar-refractivity contribution in [1.82, 2.24) is 14.4 Å². The van der Waals surface area contributed by atoms with E-state index in [-0.39, 0.29) is 0 Å². The Morgan fingerprint density at radius 1 is 0.952 bits per heavy atom. The molecular formula is C16H10ClN3S. The Hall–Kier alpha value is -2.17. The zero-order chi connectivity index (χ0) is 14.2. The smallest absolute Gasteiger partial charge is 0.155 e. The van der Waals surface area contributed by atoms with Gasteiger partial charge in [0.25, 0.3) is 0 Å². The summed E-state index contributed by atoms with van der Waals surface area (Å²) in [5.41, 5.74) is 5.00. The second kappa shape index (κ2) is 4.98. The number of aromatic nitrogens is 3. The highest BCUT2D eigenvalue weighted by Crippen LogP contribution is 2.25. The maximum absolute atomic E-state index is 5.95. The first kappa shape index (κ1) is 12.6. The minimum absolute atomic E-state index is 0.730. The highest BCUT2D eigenvalue weighted by molar-refractivity contribution is 7.08. The summed E-state index contributed by atoms with van der Waals surface area (Å²) in [6.45, 7) is 0. The van der Waals surface area contributed by atoms with E-state index in [2.05, 4.69) is 31.2 Å². The number of nitrogens with zero attached hydrogens (tertiary/aromatic N) is 3. The van der Waals surface area contributed by atoms with Crippen molar-refractivity contribution < 1.29 is 0 Å². The van der Waals surface area contributed by atoms with Crippen molar-refractivity contribution in [3.05, 3.63) is 64.7 Å². The summed E-state index contributed by atoms with van der Waals surface area (Å²) < 4.78 is 2.06. The molecular weight excluding hydrogens is 302 g/mol. The van der Waals surface area contributed by atoms with Crippen LogP contribution >= 0.6 is 22.9 Å². The van der Waals surface area contributed by atoms with Crippen LogP contribution in [0.15, 0.2) is 59.7 Å². The fourth-order valence-electron chi connectivity index (χ4n) is 2.28. The molecule has 3 heterocycles. The normalized spacial score (nSPS) is 11.1. The molecule has 0 atom stereocenters. The Morgan fingerprint density at radius 3 is 2.57 bits per heavy atom. The van der Waals surface area contributed by atoms with Gasteiger partial charge in [-0.05, 0) is 23.6 Å². The number of fused-ring (bicyclic) bond motifs is 1. The Bertz CT molecular complexity index is 895. The van der Waals surface area contributed by atoms with E-state index in [1.807, 2.05) is 36.7 Å². The number of benzene rings is 1. The second-order valence-corrected chi connectivity index (χ2v) is 5.88. The van der Waals surface area contributed by atoms with E-state index in [1.165, 1.54) is 0 Å². The van der Waals surface area contributed by atoms with Gasteiger partial charge in [-0.25, -0.2) is 4.98 Å². The average Bonchev–Trinajstić information content (AvgIpc) is 3.17. The van der Waals surface area contributed by atoms with Crippen molar-refractivity contribution in [2.75, 3.05) is 0 Å². The van der Waals surface area contributed by atoms with Crippen LogP contribution in [0.3, 0.4) is 0 Å². The summed E-state index contributed by atoms with van der Waals surface area (Å²) in [5.74, 6) is 0. The summed E-state index contributed by atoms with van der Waals surface area (Å²) in [4.78, 5) is 8.88. The van der Waals surface area contributed by atoms with E-state index in [0.29, 0.717) is 0 Å². The van der Waals surface area contributed by atoms with Gasteiger partial charge >= 0.3 is 0 Å². The van der Waals surface area contributed by atoms with Crippen LogP contribution in [-0.4, -0.2) is 14.4 Å². The predicted molar refractivity (Wildman–Crippen MR) is 86.7 cm³/mol. The molecule has 3 nitrogen and oxygen atoms in total. The lowest BCUT2D eigenvalue weighted by molar-refractivity contribution is 1.14. The van der Waals surface area contributed by atoms with Crippen LogP contribution in [0.4, 0.5) is 0 Å². The van der Waals surface area contributed by atoms with Crippen molar-refractivity contribution in [2.24, 2.45) is 0 Å². The van der Waals surface area contributed by atoms with Crippen molar-refractivity contribution in [1.29, 1.82) is 0 Å². The third-order valence-electron chi connectivity index (χ3n) is 3.35. The van der Waals surface area contributed by atoms with Gasteiger partial charge in [0.05, 0.1) is 23.8 Å². The van der Waals surface area contributed by atoms with Crippen molar-refractivity contribution in [3.8, 4) is 22.5 Å². The minimum Gasteiger partial charge on any atom is -0.296 e. The largest absolute Gasteiger partial charge is 0.296 e. The van der Waals surface area contributed by atoms with E-state index in [1.54, 1.807) is 17.5 Å². The topological polar surface area (TPSA) is 30.2 Å². The molecule has 0 N–H and O–H groups in total. The molecule has 0 fully saturated rings. The van der Waals surface area contributed by atoms with Gasteiger partial charge in [0.15, 0.2) is 5.65 Å². The molecule has 5 heteroatoms. The number of imidazole rings is 1. The highest BCUT2D eigenvalue weighted by Gasteiger charge is 2.08. The monoisotopic (exact) mass is 311 g/mol. The third kappa shape index (κ3) is 2.22. The Kier molecular flexibility index (Phi) is 2.98. The lowest BCUT2D eigenvalue weighted by Gasteiger charge is -2.04. The number of halogens is 1. The molecule has 0 amide bonds. The molecule has 4 aromatic rings. The summed E-state index contributed by atoms with van der Waals surface area (Å²) in [5, 5.41) is 4.87.